The molecule has 9 heteroatoms. The van der Waals surface area contributed by atoms with Gasteiger partial charge in [0.2, 0.25) is 5.91 Å². The van der Waals surface area contributed by atoms with Crippen LogP contribution in [0, 0.1) is 0 Å². The number of carbonyl (C=O) groups excluding carboxylic acids is 1. The number of para-hydroxylation sites is 2. The molecular weight excluding hydrogens is 408 g/mol. The molecule has 1 fully saturated rings. The number of nitrogens with zero attached hydrogens (tertiary/aromatic N) is 4. The molecule has 3 aromatic rings. The highest BCUT2D eigenvalue weighted by atomic mass is 32.2. The van der Waals surface area contributed by atoms with Crippen LogP contribution in [0.5, 0.6) is 5.75 Å². The largest absolute Gasteiger partial charge is 0.495 e. The normalized spacial score (nSPS) is 14.4. The molecule has 1 amide bonds. The first-order chi connectivity index (χ1) is 14.1. The fourth-order valence-corrected chi connectivity index (χ4v) is 5.08. The second kappa shape index (κ2) is 8.46. The van der Waals surface area contributed by atoms with Gasteiger partial charge in [0, 0.05) is 33.2 Å². The smallest absolute Gasteiger partial charge is 0.271 e. The molecule has 3 heterocycles. The summed E-state index contributed by atoms with van der Waals surface area (Å²) in [5.74, 6) is 1.18. The Bertz CT molecular complexity index is 1090. The molecule has 1 aliphatic heterocycles. The molecule has 0 radical (unpaired) electrons. The van der Waals surface area contributed by atoms with Gasteiger partial charge in [-0.2, -0.15) is 0 Å². The SMILES string of the molecule is COc1ccccc1N1CCN(C(=O)CSc2nc3ccsc3c(=O)n2C)CC1. The van der Waals surface area contributed by atoms with E-state index in [1.54, 1.807) is 14.2 Å². The van der Waals surface area contributed by atoms with Crippen molar-refractivity contribution in [3.8, 4) is 5.75 Å². The van der Waals surface area contributed by atoms with E-state index in [0.29, 0.717) is 28.5 Å². The van der Waals surface area contributed by atoms with Crippen LogP contribution in [0.25, 0.3) is 10.2 Å². The number of carbonyl (C=O) groups is 1. The summed E-state index contributed by atoms with van der Waals surface area (Å²) < 4.78 is 7.62. The highest BCUT2D eigenvalue weighted by molar-refractivity contribution is 7.99. The second-order valence-electron chi connectivity index (χ2n) is 6.72. The van der Waals surface area contributed by atoms with Crippen molar-refractivity contribution < 1.29 is 9.53 Å². The maximum absolute atomic E-state index is 12.7. The number of piperazine rings is 1. The van der Waals surface area contributed by atoms with Crippen LogP contribution >= 0.6 is 23.1 Å². The minimum absolute atomic E-state index is 0.0642. The number of rotatable bonds is 5. The molecule has 7 nitrogen and oxygen atoms in total. The van der Waals surface area contributed by atoms with Crippen LogP contribution < -0.4 is 15.2 Å². The molecule has 0 spiro atoms. The highest BCUT2D eigenvalue weighted by Gasteiger charge is 2.23. The molecular formula is C20H22N4O3S2. The molecule has 0 bridgehead atoms. The van der Waals surface area contributed by atoms with Crippen LogP contribution in [-0.4, -0.2) is 59.4 Å². The van der Waals surface area contributed by atoms with Crippen molar-refractivity contribution in [3.63, 3.8) is 0 Å². The molecule has 0 unspecified atom stereocenters. The Labute approximate surface area is 176 Å². The number of hydrogen-bond acceptors (Lipinski definition) is 7. The number of benzene rings is 1. The van der Waals surface area contributed by atoms with E-state index in [4.69, 9.17) is 4.74 Å². The molecule has 2 aromatic heterocycles. The molecule has 4 rings (SSSR count). The first kappa shape index (κ1) is 19.8. The summed E-state index contributed by atoms with van der Waals surface area (Å²) in [4.78, 5) is 33.7. The summed E-state index contributed by atoms with van der Waals surface area (Å²) >= 11 is 2.71. The number of aromatic nitrogens is 2. The minimum Gasteiger partial charge on any atom is -0.495 e. The van der Waals surface area contributed by atoms with Crippen molar-refractivity contribution in [3.05, 3.63) is 46.1 Å². The molecule has 0 aliphatic carbocycles. The summed E-state index contributed by atoms with van der Waals surface area (Å²) in [5.41, 5.74) is 1.68. The van der Waals surface area contributed by atoms with Crippen molar-refractivity contribution in [2.24, 2.45) is 7.05 Å². The average Bonchev–Trinajstić information content (AvgIpc) is 3.24. The maximum Gasteiger partial charge on any atom is 0.271 e. The number of amides is 1. The van der Waals surface area contributed by atoms with Gasteiger partial charge in [0.1, 0.15) is 10.4 Å². The van der Waals surface area contributed by atoms with E-state index in [2.05, 4.69) is 9.88 Å². The number of methoxy groups -OCH3 is 1. The Morgan fingerprint density at radius 2 is 1.97 bits per heavy atom. The lowest BCUT2D eigenvalue weighted by Gasteiger charge is -2.36. The monoisotopic (exact) mass is 430 g/mol. The summed E-state index contributed by atoms with van der Waals surface area (Å²) in [6, 6.07) is 9.77. The standard InChI is InChI=1S/C20H22N4O3S2/c1-22-19(26)18-14(7-12-28-18)21-20(22)29-13-17(25)24-10-8-23(9-11-24)15-5-3-4-6-16(15)27-2/h3-7,12H,8-11,13H2,1-2H3. The Hall–Kier alpha value is -2.52. The third kappa shape index (κ3) is 3.97. The Morgan fingerprint density at radius 1 is 1.21 bits per heavy atom. The lowest BCUT2D eigenvalue weighted by Crippen LogP contribution is -2.49. The van der Waals surface area contributed by atoms with Crippen LogP contribution in [0.15, 0.2) is 45.7 Å². The Balaban J connectivity index is 1.37. The Morgan fingerprint density at radius 3 is 2.72 bits per heavy atom. The molecule has 1 aromatic carbocycles. The van der Waals surface area contributed by atoms with E-state index in [-0.39, 0.29) is 17.2 Å². The molecule has 0 atom stereocenters. The van der Waals surface area contributed by atoms with Crippen molar-refractivity contribution >= 4 is 44.9 Å². The minimum atomic E-state index is -0.0645. The summed E-state index contributed by atoms with van der Waals surface area (Å²) in [6.07, 6.45) is 0. The third-order valence-electron chi connectivity index (χ3n) is 5.03. The molecule has 1 saturated heterocycles. The highest BCUT2D eigenvalue weighted by Crippen LogP contribution is 2.28. The van der Waals surface area contributed by atoms with Gasteiger partial charge in [0.15, 0.2) is 5.16 Å². The van der Waals surface area contributed by atoms with Gasteiger partial charge in [-0.05, 0) is 23.6 Å². The van der Waals surface area contributed by atoms with Crippen LogP contribution in [-0.2, 0) is 11.8 Å². The van der Waals surface area contributed by atoms with E-state index in [1.807, 2.05) is 40.6 Å². The zero-order valence-electron chi connectivity index (χ0n) is 16.3. The number of thiophene rings is 1. The molecule has 0 N–H and O–H groups in total. The van der Waals surface area contributed by atoms with E-state index in [1.165, 1.54) is 27.7 Å². The van der Waals surface area contributed by atoms with Crippen molar-refractivity contribution in [2.75, 3.05) is 43.9 Å². The first-order valence-electron chi connectivity index (χ1n) is 9.31. The molecule has 29 heavy (non-hydrogen) atoms. The van der Waals surface area contributed by atoms with Gasteiger partial charge in [0.25, 0.3) is 5.56 Å². The number of anilines is 1. The summed E-state index contributed by atoms with van der Waals surface area (Å²) in [6.45, 7) is 2.84. The third-order valence-corrected chi connectivity index (χ3v) is 6.94. The van der Waals surface area contributed by atoms with Crippen LogP contribution in [0.2, 0.25) is 0 Å². The van der Waals surface area contributed by atoms with Crippen molar-refractivity contribution in [1.29, 1.82) is 0 Å². The summed E-state index contributed by atoms with van der Waals surface area (Å²) in [7, 11) is 3.37. The van der Waals surface area contributed by atoms with Gasteiger partial charge in [-0.3, -0.25) is 14.2 Å². The predicted molar refractivity (Wildman–Crippen MR) is 117 cm³/mol. The quantitative estimate of drug-likeness (QED) is 0.458. The van der Waals surface area contributed by atoms with E-state index >= 15 is 0 Å². The number of fused-ring (bicyclic) bond motifs is 1. The van der Waals surface area contributed by atoms with Gasteiger partial charge in [-0.25, -0.2) is 4.98 Å². The van der Waals surface area contributed by atoms with Gasteiger partial charge in [-0.15, -0.1) is 11.3 Å². The molecule has 1 aliphatic rings. The van der Waals surface area contributed by atoms with E-state index < -0.39 is 0 Å². The van der Waals surface area contributed by atoms with Crippen LogP contribution in [0.3, 0.4) is 0 Å². The first-order valence-corrected chi connectivity index (χ1v) is 11.2. The fourth-order valence-electron chi connectivity index (χ4n) is 3.40. The van der Waals surface area contributed by atoms with E-state index in [0.717, 1.165) is 24.5 Å². The fraction of sp³-hybridized carbons (Fsp3) is 0.350. The second-order valence-corrected chi connectivity index (χ2v) is 8.58. The number of ether oxygens (including phenoxy) is 1. The number of hydrogen-bond donors (Lipinski definition) is 0. The number of thioether (sulfide) groups is 1. The van der Waals surface area contributed by atoms with Gasteiger partial charge < -0.3 is 14.5 Å². The topological polar surface area (TPSA) is 67.7 Å². The maximum atomic E-state index is 12.7. The lowest BCUT2D eigenvalue weighted by molar-refractivity contribution is -0.128. The van der Waals surface area contributed by atoms with Crippen LogP contribution in [0.4, 0.5) is 5.69 Å². The zero-order chi connectivity index (χ0) is 20.4. The zero-order valence-corrected chi connectivity index (χ0v) is 18.0. The van der Waals surface area contributed by atoms with Gasteiger partial charge in [-0.1, -0.05) is 23.9 Å². The van der Waals surface area contributed by atoms with E-state index in [9.17, 15) is 9.59 Å². The molecule has 0 saturated carbocycles. The average molecular weight is 431 g/mol. The summed E-state index contributed by atoms with van der Waals surface area (Å²) in [5, 5.41) is 2.43. The van der Waals surface area contributed by atoms with Crippen molar-refractivity contribution in [2.45, 2.75) is 5.16 Å². The predicted octanol–water partition coefficient (Wildman–Crippen LogP) is 2.44. The van der Waals surface area contributed by atoms with Crippen LogP contribution in [0.1, 0.15) is 0 Å². The lowest BCUT2D eigenvalue weighted by atomic mass is 10.2. The Kier molecular flexibility index (Phi) is 5.77. The van der Waals surface area contributed by atoms with Crippen molar-refractivity contribution in [1.82, 2.24) is 14.5 Å². The molecule has 152 valence electrons. The van der Waals surface area contributed by atoms with Gasteiger partial charge in [0.05, 0.1) is 24.1 Å². The van der Waals surface area contributed by atoms with Gasteiger partial charge >= 0.3 is 0 Å².